The molecule has 2 aromatic carbocycles. The van der Waals surface area contributed by atoms with Gasteiger partial charge in [0.15, 0.2) is 5.78 Å². The van der Waals surface area contributed by atoms with Gasteiger partial charge in [0, 0.05) is 31.1 Å². The van der Waals surface area contributed by atoms with E-state index >= 15 is 0 Å². The van der Waals surface area contributed by atoms with E-state index in [9.17, 15) is 14.4 Å². The maximum Gasteiger partial charge on any atom is 0.243 e. The molecule has 27 heavy (non-hydrogen) atoms. The van der Waals surface area contributed by atoms with Crippen LogP contribution in [0, 0.1) is 6.92 Å². The molecule has 0 radical (unpaired) electrons. The summed E-state index contributed by atoms with van der Waals surface area (Å²) in [5, 5.41) is 2.76. The fourth-order valence-corrected chi connectivity index (χ4v) is 2.62. The Kier molecular flexibility index (Phi) is 7.29. The number of carbonyl (C=O) groups excluding carboxylic acids is 3. The number of Topliss-reactive ketones (excluding diaryl/α,β-unsaturated/α-hetero) is 1. The number of nitrogens with one attached hydrogen (secondary N) is 1. The molecule has 0 spiro atoms. The molecule has 2 amide bonds. The van der Waals surface area contributed by atoms with Gasteiger partial charge >= 0.3 is 0 Å². The summed E-state index contributed by atoms with van der Waals surface area (Å²) in [5.74, 6) is -0.563. The molecule has 2 rings (SSSR count). The van der Waals surface area contributed by atoms with E-state index in [-0.39, 0.29) is 37.0 Å². The van der Waals surface area contributed by atoms with E-state index in [1.807, 2.05) is 43.3 Å². The average Bonchev–Trinajstić information content (AvgIpc) is 2.67. The summed E-state index contributed by atoms with van der Waals surface area (Å²) in [6, 6.07) is 14.9. The first-order chi connectivity index (χ1) is 12.9. The van der Waals surface area contributed by atoms with Gasteiger partial charge in [-0.15, -0.1) is 0 Å². The first-order valence-electron chi connectivity index (χ1n) is 9.11. The SMILES string of the molecule is CCc1ccc(C(=O)CCC(=O)N(C)CC(=O)Nc2ccc(C)cc2)cc1. The lowest BCUT2D eigenvalue weighted by Gasteiger charge is -2.16. The molecule has 5 nitrogen and oxygen atoms in total. The number of likely N-dealkylation sites (N-methyl/N-ethyl adjacent to an activating group) is 1. The Morgan fingerprint density at radius 2 is 1.56 bits per heavy atom. The lowest BCUT2D eigenvalue weighted by atomic mass is 10.0. The molecule has 1 N–H and O–H groups in total. The fourth-order valence-electron chi connectivity index (χ4n) is 2.62. The van der Waals surface area contributed by atoms with E-state index in [2.05, 4.69) is 12.2 Å². The predicted molar refractivity (Wildman–Crippen MR) is 107 cm³/mol. The Hall–Kier alpha value is -2.95. The molecule has 0 unspecified atom stereocenters. The lowest BCUT2D eigenvalue weighted by Crippen LogP contribution is -2.35. The van der Waals surface area contributed by atoms with E-state index < -0.39 is 0 Å². The number of benzene rings is 2. The van der Waals surface area contributed by atoms with E-state index in [0.29, 0.717) is 11.3 Å². The summed E-state index contributed by atoms with van der Waals surface area (Å²) in [6.07, 6.45) is 1.14. The van der Waals surface area contributed by atoms with Crippen molar-refractivity contribution in [3.8, 4) is 0 Å². The Bertz CT molecular complexity index is 795. The number of ketones is 1. The molecule has 5 heteroatoms. The van der Waals surface area contributed by atoms with Crippen molar-refractivity contribution in [1.82, 2.24) is 4.90 Å². The Balaban J connectivity index is 1.79. The molecule has 0 aliphatic heterocycles. The van der Waals surface area contributed by atoms with Crippen LogP contribution in [0.25, 0.3) is 0 Å². The zero-order valence-corrected chi connectivity index (χ0v) is 16.1. The second kappa shape index (κ2) is 9.67. The van der Waals surface area contributed by atoms with Gasteiger partial charge in [0.25, 0.3) is 0 Å². The Morgan fingerprint density at radius 3 is 2.15 bits per heavy atom. The minimum absolute atomic E-state index is 0.0495. The van der Waals surface area contributed by atoms with Crippen LogP contribution in [0.15, 0.2) is 48.5 Å². The summed E-state index contributed by atoms with van der Waals surface area (Å²) in [6.45, 7) is 3.98. The van der Waals surface area contributed by atoms with Crippen LogP contribution in [0.4, 0.5) is 5.69 Å². The van der Waals surface area contributed by atoms with Gasteiger partial charge in [-0.25, -0.2) is 0 Å². The van der Waals surface area contributed by atoms with Crippen molar-refractivity contribution < 1.29 is 14.4 Å². The summed E-state index contributed by atoms with van der Waals surface area (Å²) < 4.78 is 0. The molecular formula is C22H26N2O3. The molecule has 2 aromatic rings. The van der Waals surface area contributed by atoms with Crippen LogP contribution in [0.2, 0.25) is 0 Å². The van der Waals surface area contributed by atoms with E-state index in [0.717, 1.165) is 12.0 Å². The highest BCUT2D eigenvalue weighted by Gasteiger charge is 2.15. The molecule has 0 saturated heterocycles. The van der Waals surface area contributed by atoms with Crippen LogP contribution in [0.1, 0.15) is 41.3 Å². The summed E-state index contributed by atoms with van der Waals surface area (Å²) in [4.78, 5) is 37.8. The quantitative estimate of drug-likeness (QED) is 0.726. The highest BCUT2D eigenvalue weighted by Crippen LogP contribution is 2.10. The van der Waals surface area contributed by atoms with E-state index in [1.165, 1.54) is 10.5 Å². The van der Waals surface area contributed by atoms with Gasteiger partial charge in [0.2, 0.25) is 11.8 Å². The molecule has 0 atom stereocenters. The number of hydrogen-bond acceptors (Lipinski definition) is 3. The van der Waals surface area contributed by atoms with Gasteiger partial charge in [-0.1, -0.05) is 48.9 Å². The first-order valence-corrected chi connectivity index (χ1v) is 9.11. The lowest BCUT2D eigenvalue weighted by molar-refractivity contribution is -0.133. The van der Waals surface area contributed by atoms with Crippen molar-refractivity contribution >= 4 is 23.3 Å². The van der Waals surface area contributed by atoms with Crippen molar-refractivity contribution in [3.05, 3.63) is 65.2 Å². The molecule has 0 aliphatic carbocycles. The monoisotopic (exact) mass is 366 g/mol. The standard InChI is InChI=1S/C22H26N2O3/c1-4-17-7-9-18(10-8-17)20(25)13-14-22(27)24(3)15-21(26)23-19-11-5-16(2)6-12-19/h5-12H,4,13-15H2,1-3H3,(H,23,26). The summed E-state index contributed by atoms with van der Waals surface area (Å²) in [5.41, 5.74) is 3.58. The van der Waals surface area contributed by atoms with Crippen molar-refractivity contribution in [1.29, 1.82) is 0 Å². The minimum atomic E-state index is -0.267. The molecule has 0 bridgehead atoms. The normalized spacial score (nSPS) is 10.3. The summed E-state index contributed by atoms with van der Waals surface area (Å²) >= 11 is 0. The number of anilines is 1. The van der Waals surface area contributed by atoms with Crippen LogP contribution in [0.5, 0.6) is 0 Å². The number of carbonyl (C=O) groups is 3. The molecule has 0 aliphatic rings. The van der Waals surface area contributed by atoms with Crippen LogP contribution >= 0.6 is 0 Å². The highest BCUT2D eigenvalue weighted by molar-refractivity contribution is 5.98. The Morgan fingerprint density at radius 1 is 0.926 bits per heavy atom. The third kappa shape index (κ3) is 6.37. The number of rotatable bonds is 8. The smallest absolute Gasteiger partial charge is 0.243 e. The highest BCUT2D eigenvalue weighted by atomic mass is 16.2. The zero-order chi connectivity index (χ0) is 19.8. The second-order valence-electron chi connectivity index (χ2n) is 6.64. The van der Waals surface area contributed by atoms with Crippen molar-refractivity contribution in [2.45, 2.75) is 33.1 Å². The van der Waals surface area contributed by atoms with Crippen LogP contribution in [0.3, 0.4) is 0 Å². The summed E-state index contributed by atoms with van der Waals surface area (Å²) in [7, 11) is 1.57. The number of nitrogens with zero attached hydrogens (tertiary/aromatic N) is 1. The third-order valence-electron chi connectivity index (χ3n) is 4.39. The first kappa shape index (κ1) is 20.4. The second-order valence-corrected chi connectivity index (χ2v) is 6.64. The van der Waals surface area contributed by atoms with E-state index in [4.69, 9.17) is 0 Å². The average molecular weight is 366 g/mol. The van der Waals surface area contributed by atoms with Gasteiger partial charge in [-0.05, 0) is 31.0 Å². The fraction of sp³-hybridized carbons (Fsp3) is 0.318. The van der Waals surface area contributed by atoms with Gasteiger partial charge in [-0.2, -0.15) is 0 Å². The van der Waals surface area contributed by atoms with E-state index in [1.54, 1.807) is 19.2 Å². The molecule has 0 saturated carbocycles. The van der Waals surface area contributed by atoms with Crippen LogP contribution in [-0.2, 0) is 16.0 Å². The van der Waals surface area contributed by atoms with Gasteiger partial charge < -0.3 is 10.2 Å². The van der Waals surface area contributed by atoms with Crippen LogP contribution in [-0.4, -0.2) is 36.1 Å². The zero-order valence-electron chi connectivity index (χ0n) is 16.1. The topological polar surface area (TPSA) is 66.5 Å². The van der Waals surface area contributed by atoms with Crippen molar-refractivity contribution in [3.63, 3.8) is 0 Å². The predicted octanol–water partition coefficient (Wildman–Crippen LogP) is 3.62. The molecule has 0 heterocycles. The van der Waals surface area contributed by atoms with Crippen LogP contribution < -0.4 is 5.32 Å². The number of aryl methyl sites for hydroxylation is 2. The van der Waals surface area contributed by atoms with Gasteiger partial charge in [0.1, 0.15) is 0 Å². The number of amides is 2. The largest absolute Gasteiger partial charge is 0.336 e. The van der Waals surface area contributed by atoms with Gasteiger partial charge in [-0.3, -0.25) is 14.4 Å². The van der Waals surface area contributed by atoms with Gasteiger partial charge in [0.05, 0.1) is 6.54 Å². The molecule has 0 aromatic heterocycles. The maximum absolute atomic E-state index is 12.2. The minimum Gasteiger partial charge on any atom is -0.336 e. The maximum atomic E-state index is 12.2. The van der Waals surface area contributed by atoms with Crippen molar-refractivity contribution in [2.24, 2.45) is 0 Å². The number of hydrogen-bond donors (Lipinski definition) is 1. The van der Waals surface area contributed by atoms with Crippen molar-refractivity contribution in [2.75, 3.05) is 18.9 Å². The Labute approximate surface area is 160 Å². The molecule has 0 fully saturated rings. The third-order valence-corrected chi connectivity index (χ3v) is 4.39. The molecular weight excluding hydrogens is 340 g/mol. The molecule has 142 valence electrons.